The van der Waals surface area contributed by atoms with Gasteiger partial charge in [0, 0.05) is 48.9 Å². The standard InChI is InChI=1S/C21H26N6OS.ClH/c1-26-19(28)16(29-15-5-10-24-18-14(15)4-9-23-18)13-25-20(26)27-11-7-21(8-12-27)6-2-3-17(21)22;/h4-5,9-10,13,17H,2-3,6-8,11-12,22H2,1H3,(H,23,24);1H/t17-;/m1./s1. The van der Waals surface area contributed by atoms with Crippen molar-refractivity contribution in [2.45, 2.75) is 47.9 Å². The first-order chi connectivity index (χ1) is 14.1. The summed E-state index contributed by atoms with van der Waals surface area (Å²) in [4.78, 5) is 29.0. The first-order valence-corrected chi connectivity index (χ1v) is 11.1. The van der Waals surface area contributed by atoms with Gasteiger partial charge in [-0.25, -0.2) is 9.97 Å². The molecular formula is C21H27ClN6OS. The number of H-pyrrole nitrogens is 1. The Kier molecular flexibility index (Phi) is 5.83. The van der Waals surface area contributed by atoms with Gasteiger partial charge < -0.3 is 15.6 Å². The number of halogens is 1. The molecule has 0 bridgehead atoms. The summed E-state index contributed by atoms with van der Waals surface area (Å²) in [6.45, 7) is 1.82. The van der Waals surface area contributed by atoms with E-state index in [1.54, 1.807) is 17.0 Å². The van der Waals surface area contributed by atoms with E-state index in [4.69, 9.17) is 5.73 Å². The molecule has 1 aliphatic carbocycles. The number of hydrogen-bond acceptors (Lipinski definition) is 6. The first-order valence-electron chi connectivity index (χ1n) is 10.2. The Hall–Kier alpha value is -2.03. The molecule has 160 valence electrons. The normalized spacial score (nSPS) is 20.6. The molecule has 1 saturated heterocycles. The van der Waals surface area contributed by atoms with Crippen molar-refractivity contribution in [3.8, 4) is 0 Å². The molecule has 0 radical (unpaired) electrons. The van der Waals surface area contributed by atoms with Gasteiger partial charge in [-0.3, -0.25) is 9.36 Å². The van der Waals surface area contributed by atoms with Crippen molar-refractivity contribution in [1.29, 1.82) is 0 Å². The van der Waals surface area contributed by atoms with Crippen LogP contribution in [0.5, 0.6) is 0 Å². The molecular weight excluding hydrogens is 420 g/mol. The number of nitrogens with one attached hydrogen (secondary N) is 1. The second-order valence-electron chi connectivity index (χ2n) is 8.29. The molecule has 5 rings (SSSR count). The summed E-state index contributed by atoms with van der Waals surface area (Å²) >= 11 is 1.44. The Labute approximate surface area is 185 Å². The van der Waals surface area contributed by atoms with Crippen LogP contribution in [0, 0.1) is 5.41 Å². The Morgan fingerprint density at radius 1 is 1.20 bits per heavy atom. The molecule has 1 spiro atoms. The minimum absolute atomic E-state index is 0. The topological polar surface area (TPSA) is 92.8 Å². The number of aromatic amines is 1. The van der Waals surface area contributed by atoms with Crippen LogP contribution in [0.2, 0.25) is 0 Å². The lowest BCUT2D eigenvalue weighted by Crippen LogP contribution is -2.48. The monoisotopic (exact) mass is 446 g/mol. The van der Waals surface area contributed by atoms with Crippen molar-refractivity contribution in [2.24, 2.45) is 18.2 Å². The highest BCUT2D eigenvalue weighted by molar-refractivity contribution is 7.99. The minimum atomic E-state index is -0.0154. The maximum Gasteiger partial charge on any atom is 0.268 e. The molecule has 30 heavy (non-hydrogen) atoms. The highest BCUT2D eigenvalue weighted by atomic mass is 35.5. The van der Waals surface area contributed by atoms with E-state index in [0.717, 1.165) is 54.2 Å². The zero-order chi connectivity index (χ0) is 20.0. The molecule has 1 atom stereocenters. The lowest BCUT2D eigenvalue weighted by atomic mass is 9.74. The Morgan fingerprint density at radius 2 is 2.00 bits per heavy atom. The molecule has 2 fully saturated rings. The molecule has 3 N–H and O–H groups in total. The third-order valence-corrected chi connectivity index (χ3v) is 7.85. The summed E-state index contributed by atoms with van der Waals surface area (Å²) in [5.74, 6) is 0.752. The van der Waals surface area contributed by atoms with Gasteiger partial charge >= 0.3 is 0 Å². The van der Waals surface area contributed by atoms with Crippen molar-refractivity contribution >= 4 is 41.2 Å². The second-order valence-corrected chi connectivity index (χ2v) is 9.37. The zero-order valence-electron chi connectivity index (χ0n) is 17.0. The van der Waals surface area contributed by atoms with Gasteiger partial charge in [0.25, 0.3) is 5.56 Å². The van der Waals surface area contributed by atoms with E-state index in [0.29, 0.717) is 16.4 Å². The summed E-state index contributed by atoms with van der Waals surface area (Å²) in [5, 5.41) is 1.01. The van der Waals surface area contributed by atoms with Gasteiger partial charge in [-0.2, -0.15) is 0 Å². The molecule has 0 aromatic carbocycles. The number of nitrogens with zero attached hydrogens (tertiary/aromatic N) is 4. The molecule has 2 aliphatic rings. The minimum Gasteiger partial charge on any atom is -0.346 e. The molecule has 0 unspecified atom stereocenters. The summed E-state index contributed by atoms with van der Waals surface area (Å²) in [7, 11) is 1.82. The van der Waals surface area contributed by atoms with Crippen LogP contribution in [0.25, 0.3) is 11.0 Å². The molecule has 9 heteroatoms. The summed E-state index contributed by atoms with van der Waals surface area (Å²) < 4.78 is 1.68. The van der Waals surface area contributed by atoms with Crippen molar-refractivity contribution in [1.82, 2.24) is 19.5 Å². The van der Waals surface area contributed by atoms with Gasteiger partial charge in [-0.1, -0.05) is 18.2 Å². The molecule has 4 heterocycles. The number of aromatic nitrogens is 4. The van der Waals surface area contributed by atoms with Crippen LogP contribution in [-0.2, 0) is 7.05 Å². The average molecular weight is 447 g/mol. The smallest absolute Gasteiger partial charge is 0.268 e. The van der Waals surface area contributed by atoms with Gasteiger partial charge in [-0.15, -0.1) is 12.4 Å². The molecule has 3 aromatic heterocycles. The van der Waals surface area contributed by atoms with Gasteiger partial charge in [-0.05, 0) is 43.2 Å². The fourth-order valence-electron chi connectivity index (χ4n) is 4.96. The zero-order valence-corrected chi connectivity index (χ0v) is 18.6. The Morgan fingerprint density at radius 3 is 2.73 bits per heavy atom. The fraction of sp³-hybridized carbons (Fsp3) is 0.476. The number of piperidine rings is 1. The van der Waals surface area contributed by atoms with Crippen LogP contribution < -0.4 is 16.2 Å². The van der Waals surface area contributed by atoms with E-state index in [9.17, 15) is 4.79 Å². The quantitative estimate of drug-likeness (QED) is 0.641. The maximum absolute atomic E-state index is 13.0. The third kappa shape index (κ3) is 3.50. The van der Waals surface area contributed by atoms with Crippen LogP contribution in [0.4, 0.5) is 5.95 Å². The molecule has 1 saturated carbocycles. The first kappa shape index (κ1) is 21.2. The molecule has 3 aromatic rings. The molecule has 7 nitrogen and oxygen atoms in total. The SMILES string of the molecule is Cl.Cn1c(N2CCC3(CCC[C@H]3N)CC2)ncc(Sc2ccnc3[nH]ccc23)c1=O. The van der Waals surface area contributed by atoms with Crippen LogP contribution in [0.3, 0.4) is 0 Å². The lowest BCUT2D eigenvalue weighted by Gasteiger charge is -2.42. The van der Waals surface area contributed by atoms with E-state index in [2.05, 4.69) is 19.9 Å². The number of fused-ring (bicyclic) bond motifs is 1. The summed E-state index contributed by atoms with van der Waals surface area (Å²) in [6.07, 6.45) is 11.1. The largest absolute Gasteiger partial charge is 0.346 e. The summed E-state index contributed by atoms with van der Waals surface area (Å²) in [6, 6.07) is 4.24. The van der Waals surface area contributed by atoms with E-state index in [-0.39, 0.29) is 18.0 Å². The van der Waals surface area contributed by atoms with Gasteiger partial charge in [0.1, 0.15) is 5.65 Å². The van der Waals surface area contributed by atoms with Gasteiger partial charge in [0.05, 0.1) is 11.1 Å². The number of pyridine rings is 1. The fourth-order valence-corrected chi connectivity index (χ4v) is 5.93. The van der Waals surface area contributed by atoms with Crippen molar-refractivity contribution in [3.63, 3.8) is 0 Å². The maximum atomic E-state index is 13.0. The van der Waals surface area contributed by atoms with Gasteiger partial charge in [0.15, 0.2) is 0 Å². The predicted octanol–water partition coefficient (Wildman–Crippen LogP) is 3.33. The van der Waals surface area contributed by atoms with Gasteiger partial charge in [0.2, 0.25) is 5.95 Å². The van der Waals surface area contributed by atoms with E-state index < -0.39 is 0 Å². The average Bonchev–Trinajstić information content (AvgIpc) is 3.35. The Bertz CT molecular complexity index is 1100. The van der Waals surface area contributed by atoms with Crippen molar-refractivity contribution < 1.29 is 0 Å². The van der Waals surface area contributed by atoms with Crippen LogP contribution in [0.15, 0.2) is 45.3 Å². The highest BCUT2D eigenvalue weighted by Crippen LogP contribution is 2.45. The van der Waals surface area contributed by atoms with Crippen LogP contribution in [-0.4, -0.2) is 38.7 Å². The molecule has 1 aliphatic heterocycles. The molecule has 0 amide bonds. The number of rotatable bonds is 3. The Balaban J connectivity index is 0.00000218. The highest BCUT2D eigenvalue weighted by Gasteiger charge is 2.43. The van der Waals surface area contributed by atoms with E-state index in [1.165, 1.54) is 24.6 Å². The predicted molar refractivity (Wildman–Crippen MR) is 123 cm³/mol. The summed E-state index contributed by atoms with van der Waals surface area (Å²) in [5.41, 5.74) is 7.52. The van der Waals surface area contributed by atoms with Crippen LogP contribution in [0.1, 0.15) is 32.1 Å². The van der Waals surface area contributed by atoms with E-state index in [1.807, 2.05) is 25.4 Å². The lowest BCUT2D eigenvalue weighted by molar-refractivity contribution is 0.196. The van der Waals surface area contributed by atoms with Crippen molar-refractivity contribution in [3.05, 3.63) is 41.1 Å². The second kappa shape index (κ2) is 8.24. The number of nitrogens with two attached hydrogens (primary N) is 1. The number of anilines is 1. The number of hydrogen-bond donors (Lipinski definition) is 2. The van der Waals surface area contributed by atoms with E-state index >= 15 is 0 Å². The van der Waals surface area contributed by atoms with Crippen molar-refractivity contribution in [2.75, 3.05) is 18.0 Å². The third-order valence-electron chi connectivity index (χ3n) is 6.77. The van der Waals surface area contributed by atoms with Crippen LogP contribution >= 0.6 is 24.2 Å².